The number of halogens is 1. The molecular formula is C17H16FNO5S. The first-order chi connectivity index (χ1) is 11.8. The van der Waals surface area contributed by atoms with Gasteiger partial charge in [-0.15, -0.1) is 0 Å². The third-order valence-electron chi connectivity index (χ3n) is 3.27. The molecule has 25 heavy (non-hydrogen) atoms. The van der Waals surface area contributed by atoms with E-state index in [1.807, 2.05) is 0 Å². The van der Waals surface area contributed by atoms with Gasteiger partial charge in [-0.3, -0.25) is 9.59 Å². The fourth-order valence-corrected chi connectivity index (χ4v) is 2.97. The molecule has 0 fully saturated rings. The number of benzene rings is 2. The number of hydrogen-bond donors (Lipinski definition) is 1. The molecule has 1 N–H and O–H groups in total. The van der Waals surface area contributed by atoms with Gasteiger partial charge in [0, 0.05) is 5.56 Å². The van der Waals surface area contributed by atoms with Crippen LogP contribution in [-0.2, 0) is 19.6 Å². The van der Waals surface area contributed by atoms with E-state index in [0.717, 1.165) is 12.1 Å². The molecule has 0 aromatic heterocycles. The summed E-state index contributed by atoms with van der Waals surface area (Å²) >= 11 is 0. The van der Waals surface area contributed by atoms with E-state index in [1.165, 1.54) is 31.2 Å². The van der Waals surface area contributed by atoms with Gasteiger partial charge in [0.2, 0.25) is 15.8 Å². The van der Waals surface area contributed by atoms with Gasteiger partial charge in [-0.25, -0.2) is 12.8 Å². The van der Waals surface area contributed by atoms with E-state index in [-0.39, 0.29) is 10.5 Å². The van der Waals surface area contributed by atoms with Crippen LogP contribution >= 0.6 is 0 Å². The summed E-state index contributed by atoms with van der Waals surface area (Å²) in [5, 5.41) is 0. The second-order valence-electron chi connectivity index (χ2n) is 5.14. The predicted molar refractivity (Wildman–Crippen MR) is 87.9 cm³/mol. The van der Waals surface area contributed by atoms with Crippen LogP contribution in [0.4, 0.5) is 4.39 Å². The summed E-state index contributed by atoms with van der Waals surface area (Å²) in [6.07, 6.45) is -1.13. The summed E-state index contributed by atoms with van der Waals surface area (Å²) in [5.41, 5.74) is 0.187. The zero-order chi connectivity index (χ0) is 18.4. The SMILES string of the molecule is C[C@H](OC(=O)CNS(=O)(=O)c1ccccc1)C(=O)c1ccc(F)cc1. The number of nitrogens with one attached hydrogen (secondary N) is 1. The lowest BCUT2D eigenvalue weighted by atomic mass is 10.1. The topological polar surface area (TPSA) is 89.5 Å². The number of carbonyl (C=O) groups excluding carboxylic acids is 2. The number of Topliss-reactive ketones (excluding diaryl/α,β-unsaturated/α-hetero) is 1. The molecule has 0 aliphatic heterocycles. The Labute approximate surface area is 144 Å². The van der Waals surface area contributed by atoms with Crippen LogP contribution in [0, 0.1) is 5.82 Å². The summed E-state index contributed by atoms with van der Waals surface area (Å²) < 4.78 is 43.9. The highest BCUT2D eigenvalue weighted by Crippen LogP contribution is 2.09. The molecule has 0 amide bonds. The minimum absolute atomic E-state index is 0.0123. The molecule has 6 nitrogen and oxygen atoms in total. The van der Waals surface area contributed by atoms with Crippen molar-refractivity contribution in [1.29, 1.82) is 0 Å². The van der Waals surface area contributed by atoms with Crippen molar-refractivity contribution < 1.29 is 27.1 Å². The van der Waals surface area contributed by atoms with E-state index in [0.29, 0.717) is 0 Å². The molecule has 0 spiro atoms. The number of ether oxygens (including phenoxy) is 1. The number of esters is 1. The molecule has 0 heterocycles. The van der Waals surface area contributed by atoms with Gasteiger partial charge < -0.3 is 4.74 Å². The Kier molecular flexibility index (Phi) is 6.00. The molecule has 0 aliphatic rings. The lowest BCUT2D eigenvalue weighted by molar-refractivity contribution is -0.144. The maximum absolute atomic E-state index is 12.9. The van der Waals surface area contributed by atoms with E-state index >= 15 is 0 Å². The van der Waals surface area contributed by atoms with Crippen molar-refractivity contribution in [2.24, 2.45) is 0 Å². The van der Waals surface area contributed by atoms with Gasteiger partial charge >= 0.3 is 5.97 Å². The highest BCUT2D eigenvalue weighted by atomic mass is 32.2. The van der Waals surface area contributed by atoms with E-state index in [4.69, 9.17) is 4.74 Å². The van der Waals surface area contributed by atoms with Gasteiger partial charge in [0.05, 0.1) is 4.90 Å². The summed E-state index contributed by atoms with van der Waals surface area (Å²) in [4.78, 5) is 23.8. The van der Waals surface area contributed by atoms with Crippen molar-refractivity contribution in [2.75, 3.05) is 6.54 Å². The normalized spacial score (nSPS) is 12.4. The van der Waals surface area contributed by atoms with Crippen molar-refractivity contribution >= 4 is 21.8 Å². The number of hydrogen-bond acceptors (Lipinski definition) is 5. The lowest BCUT2D eigenvalue weighted by Crippen LogP contribution is -2.34. The third kappa shape index (κ3) is 5.20. The molecule has 2 rings (SSSR count). The molecule has 0 unspecified atom stereocenters. The minimum atomic E-state index is -3.85. The quantitative estimate of drug-likeness (QED) is 0.598. The van der Waals surface area contributed by atoms with Crippen molar-refractivity contribution in [2.45, 2.75) is 17.9 Å². The second kappa shape index (κ2) is 8.00. The van der Waals surface area contributed by atoms with Crippen molar-refractivity contribution in [3.63, 3.8) is 0 Å². The smallest absolute Gasteiger partial charge is 0.321 e. The van der Waals surface area contributed by atoms with Crippen molar-refractivity contribution in [3.05, 3.63) is 66.0 Å². The first kappa shape index (κ1) is 18.8. The Morgan fingerprint density at radius 3 is 2.28 bits per heavy atom. The number of sulfonamides is 1. The Bertz CT molecular complexity index is 850. The summed E-state index contributed by atoms with van der Waals surface area (Å²) in [7, 11) is -3.85. The Morgan fingerprint density at radius 2 is 1.68 bits per heavy atom. The lowest BCUT2D eigenvalue weighted by Gasteiger charge is -2.13. The van der Waals surface area contributed by atoms with Gasteiger partial charge in [0.15, 0.2) is 6.10 Å². The molecule has 0 saturated carbocycles. The van der Waals surface area contributed by atoms with Crippen LogP contribution < -0.4 is 4.72 Å². The van der Waals surface area contributed by atoms with Gasteiger partial charge in [0.1, 0.15) is 12.4 Å². The van der Waals surface area contributed by atoms with Crippen LogP contribution in [-0.4, -0.2) is 32.8 Å². The molecule has 8 heteroatoms. The van der Waals surface area contributed by atoms with Gasteiger partial charge in [0.25, 0.3) is 0 Å². The average molecular weight is 365 g/mol. The highest BCUT2D eigenvalue weighted by molar-refractivity contribution is 7.89. The average Bonchev–Trinajstić information content (AvgIpc) is 2.61. The molecule has 0 bridgehead atoms. The highest BCUT2D eigenvalue weighted by Gasteiger charge is 2.21. The second-order valence-corrected chi connectivity index (χ2v) is 6.91. The minimum Gasteiger partial charge on any atom is -0.453 e. The molecule has 2 aromatic rings. The van der Waals surface area contributed by atoms with Gasteiger partial charge in [-0.1, -0.05) is 18.2 Å². The predicted octanol–water partition coefficient (Wildman–Crippen LogP) is 1.92. The van der Waals surface area contributed by atoms with Crippen LogP contribution in [0.3, 0.4) is 0 Å². The molecule has 2 aromatic carbocycles. The first-order valence-electron chi connectivity index (χ1n) is 7.33. The number of ketones is 1. The summed E-state index contributed by atoms with van der Waals surface area (Å²) in [6, 6.07) is 12.3. The van der Waals surface area contributed by atoms with Crippen LogP contribution in [0.5, 0.6) is 0 Å². The van der Waals surface area contributed by atoms with Gasteiger partial charge in [-0.05, 0) is 43.3 Å². The molecule has 0 aliphatic carbocycles. The van der Waals surface area contributed by atoms with E-state index in [9.17, 15) is 22.4 Å². The fourth-order valence-electron chi connectivity index (χ4n) is 1.98. The third-order valence-corrected chi connectivity index (χ3v) is 4.68. The number of carbonyl (C=O) groups is 2. The van der Waals surface area contributed by atoms with Crippen molar-refractivity contribution in [1.82, 2.24) is 4.72 Å². The monoisotopic (exact) mass is 365 g/mol. The Balaban J connectivity index is 1.91. The maximum atomic E-state index is 12.9. The zero-order valence-corrected chi connectivity index (χ0v) is 14.1. The fraction of sp³-hybridized carbons (Fsp3) is 0.176. The number of rotatable bonds is 7. The van der Waals surface area contributed by atoms with E-state index in [1.54, 1.807) is 18.2 Å². The molecule has 1 atom stereocenters. The van der Waals surface area contributed by atoms with Crippen LogP contribution in [0.25, 0.3) is 0 Å². The zero-order valence-electron chi connectivity index (χ0n) is 13.3. The van der Waals surface area contributed by atoms with E-state index < -0.39 is 40.2 Å². The van der Waals surface area contributed by atoms with Crippen LogP contribution in [0.15, 0.2) is 59.5 Å². The molecule has 132 valence electrons. The summed E-state index contributed by atoms with van der Waals surface area (Å²) in [5.74, 6) is -1.90. The summed E-state index contributed by atoms with van der Waals surface area (Å²) in [6.45, 7) is 0.744. The standard InChI is InChI=1S/C17H16FNO5S/c1-12(17(21)13-7-9-14(18)10-8-13)24-16(20)11-19-25(22,23)15-5-3-2-4-6-15/h2-10,12,19H,11H2,1H3/t12-/m0/s1. The largest absolute Gasteiger partial charge is 0.453 e. The Hall–Kier alpha value is -2.58. The molecule has 0 radical (unpaired) electrons. The van der Waals surface area contributed by atoms with Crippen molar-refractivity contribution in [3.8, 4) is 0 Å². The van der Waals surface area contributed by atoms with E-state index in [2.05, 4.69) is 4.72 Å². The first-order valence-corrected chi connectivity index (χ1v) is 8.82. The molecule has 0 saturated heterocycles. The van der Waals surface area contributed by atoms with Gasteiger partial charge in [-0.2, -0.15) is 4.72 Å². The maximum Gasteiger partial charge on any atom is 0.321 e. The Morgan fingerprint density at radius 1 is 1.08 bits per heavy atom. The van der Waals surface area contributed by atoms with Crippen LogP contribution in [0.2, 0.25) is 0 Å². The molecular weight excluding hydrogens is 349 g/mol. The van der Waals surface area contributed by atoms with Crippen LogP contribution in [0.1, 0.15) is 17.3 Å².